The first-order valence-corrected chi connectivity index (χ1v) is 5.16. The Bertz CT molecular complexity index is 421. The van der Waals surface area contributed by atoms with Crippen molar-refractivity contribution >= 4 is 34.1 Å². The van der Waals surface area contributed by atoms with E-state index in [1.807, 2.05) is 22.6 Å². The number of carbonyl (C=O) groups is 1. The van der Waals surface area contributed by atoms with Crippen LogP contribution in [0.4, 0.5) is 13.2 Å². The second-order valence-electron chi connectivity index (χ2n) is 2.90. The van der Waals surface area contributed by atoms with Gasteiger partial charge >= 0.3 is 6.18 Å². The average Bonchev–Trinajstić information content (AvgIpc) is 2.17. The molecule has 0 heterocycles. The van der Waals surface area contributed by atoms with Gasteiger partial charge in [0.25, 0.3) is 5.78 Å². The lowest BCUT2D eigenvalue weighted by Gasteiger charge is -2.03. The van der Waals surface area contributed by atoms with Crippen molar-refractivity contribution in [1.29, 1.82) is 0 Å². The molecule has 0 aliphatic carbocycles. The van der Waals surface area contributed by atoms with Gasteiger partial charge in [-0.25, -0.2) is 0 Å². The number of benzene rings is 1. The zero-order valence-electron chi connectivity index (χ0n) is 7.75. The number of aliphatic hydroxyl groups is 1. The molecule has 1 rings (SSSR count). The lowest BCUT2D eigenvalue weighted by molar-refractivity contribution is -0.165. The molecule has 0 bridgehead atoms. The summed E-state index contributed by atoms with van der Waals surface area (Å²) in [6.07, 6.45) is -4.79. The van der Waals surface area contributed by atoms with Crippen molar-refractivity contribution in [3.8, 4) is 0 Å². The van der Waals surface area contributed by atoms with Gasteiger partial charge in [0.05, 0.1) is 0 Å². The third kappa shape index (κ3) is 3.51. The zero-order valence-corrected chi connectivity index (χ0v) is 9.91. The van der Waals surface area contributed by atoms with Crippen LogP contribution in [-0.2, 0) is 4.79 Å². The van der Waals surface area contributed by atoms with Crippen molar-refractivity contribution in [2.45, 2.75) is 6.18 Å². The highest BCUT2D eigenvalue weighted by Gasteiger charge is 2.36. The Hall–Kier alpha value is -1.05. The third-order valence-electron chi connectivity index (χ3n) is 1.69. The van der Waals surface area contributed by atoms with Gasteiger partial charge < -0.3 is 5.11 Å². The van der Waals surface area contributed by atoms with Gasteiger partial charge in [0, 0.05) is 15.2 Å². The fourth-order valence-electron chi connectivity index (χ4n) is 0.910. The summed E-state index contributed by atoms with van der Waals surface area (Å²) >= 11 is 2.01. The Labute approximate surface area is 103 Å². The van der Waals surface area contributed by atoms with Gasteiger partial charge in [0.1, 0.15) is 5.76 Å². The number of allylic oxidation sites excluding steroid dienone is 1. The monoisotopic (exact) mass is 342 g/mol. The van der Waals surface area contributed by atoms with Crippen molar-refractivity contribution in [2.75, 3.05) is 0 Å². The van der Waals surface area contributed by atoms with E-state index in [9.17, 15) is 23.1 Å². The van der Waals surface area contributed by atoms with Crippen LogP contribution >= 0.6 is 22.6 Å². The number of carbonyl (C=O) groups excluding carboxylic acids is 1. The van der Waals surface area contributed by atoms with Gasteiger partial charge in [0.2, 0.25) is 0 Å². The number of rotatable bonds is 2. The van der Waals surface area contributed by atoms with Crippen LogP contribution in [0.3, 0.4) is 0 Å². The standard InChI is InChI=1S/C10H6F3IO2/c11-10(12,13)9(16)5-8(15)6-1-3-7(14)4-2-6/h1-5,15H/b8-5-. The van der Waals surface area contributed by atoms with Crippen molar-refractivity contribution in [3.63, 3.8) is 0 Å². The zero-order chi connectivity index (χ0) is 12.3. The molecule has 86 valence electrons. The van der Waals surface area contributed by atoms with Crippen LogP contribution in [0.5, 0.6) is 0 Å². The Balaban J connectivity index is 2.94. The van der Waals surface area contributed by atoms with Gasteiger partial charge in [-0.2, -0.15) is 13.2 Å². The molecular weight excluding hydrogens is 336 g/mol. The summed E-state index contributed by atoms with van der Waals surface area (Å²) in [5, 5.41) is 9.28. The minimum atomic E-state index is -4.96. The normalized spacial score (nSPS) is 12.6. The average molecular weight is 342 g/mol. The van der Waals surface area contributed by atoms with Crippen molar-refractivity contribution in [1.82, 2.24) is 0 Å². The number of halogens is 4. The molecule has 6 heteroatoms. The van der Waals surface area contributed by atoms with Gasteiger partial charge in [-0.1, -0.05) is 12.1 Å². The Kier molecular flexibility index (Phi) is 3.95. The number of hydrogen-bond donors (Lipinski definition) is 1. The van der Waals surface area contributed by atoms with E-state index in [0.717, 1.165) is 3.57 Å². The first-order chi connectivity index (χ1) is 7.30. The molecule has 1 aromatic rings. The summed E-state index contributed by atoms with van der Waals surface area (Å²) in [6.45, 7) is 0. The van der Waals surface area contributed by atoms with Crippen LogP contribution in [0.25, 0.3) is 5.76 Å². The number of alkyl halides is 3. The first-order valence-electron chi connectivity index (χ1n) is 4.08. The molecule has 0 fully saturated rings. The largest absolute Gasteiger partial charge is 0.507 e. The second-order valence-corrected chi connectivity index (χ2v) is 4.14. The number of ketones is 1. The van der Waals surface area contributed by atoms with Crippen LogP contribution in [0.2, 0.25) is 0 Å². The van der Waals surface area contributed by atoms with Gasteiger partial charge in [0.15, 0.2) is 0 Å². The number of aliphatic hydroxyl groups excluding tert-OH is 1. The molecule has 2 nitrogen and oxygen atoms in total. The second kappa shape index (κ2) is 4.86. The molecule has 0 unspecified atom stereocenters. The van der Waals surface area contributed by atoms with Gasteiger partial charge in [-0.3, -0.25) is 4.79 Å². The van der Waals surface area contributed by atoms with Crippen molar-refractivity contribution < 1.29 is 23.1 Å². The summed E-state index contributed by atoms with van der Waals surface area (Å²) < 4.78 is 36.5. The van der Waals surface area contributed by atoms with E-state index < -0.39 is 17.7 Å². The predicted octanol–water partition coefficient (Wildman–Crippen LogP) is 3.32. The van der Waals surface area contributed by atoms with Crippen LogP contribution in [-0.4, -0.2) is 17.1 Å². The highest BCUT2D eigenvalue weighted by molar-refractivity contribution is 14.1. The van der Waals surface area contributed by atoms with Gasteiger partial charge in [-0.15, -0.1) is 0 Å². The maximum Gasteiger partial charge on any atom is 0.454 e. The minimum Gasteiger partial charge on any atom is -0.507 e. The smallest absolute Gasteiger partial charge is 0.454 e. The molecular formula is C10H6F3IO2. The lowest BCUT2D eigenvalue weighted by Crippen LogP contribution is -2.20. The Morgan fingerprint density at radius 2 is 1.75 bits per heavy atom. The summed E-state index contributed by atoms with van der Waals surface area (Å²) in [5.41, 5.74) is 0.165. The predicted molar refractivity (Wildman–Crippen MR) is 60.8 cm³/mol. The molecule has 0 aliphatic heterocycles. The highest BCUT2D eigenvalue weighted by Crippen LogP contribution is 2.20. The molecule has 1 aromatic carbocycles. The molecule has 16 heavy (non-hydrogen) atoms. The highest BCUT2D eigenvalue weighted by atomic mass is 127. The van der Waals surface area contributed by atoms with E-state index in [2.05, 4.69) is 0 Å². The molecule has 0 saturated heterocycles. The molecule has 0 atom stereocenters. The maximum atomic E-state index is 11.9. The SMILES string of the molecule is O=C(/C=C(\O)c1ccc(I)cc1)C(F)(F)F. The van der Waals surface area contributed by atoms with Crippen LogP contribution < -0.4 is 0 Å². The van der Waals surface area contributed by atoms with E-state index in [1.165, 1.54) is 12.1 Å². The quantitative estimate of drug-likeness (QED) is 0.509. The molecule has 0 amide bonds. The topological polar surface area (TPSA) is 37.3 Å². The van der Waals surface area contributed by atoms with E-state index in [4.69, 9.17) is 0 Å². The van der Waals surface area contributed by atoms with E-state index >= 15 is 0 Å². The van der Waals surface area contributed by atoms with Crippen molar-refractivity contribution in [3.05, 3.63) is 39.5 Å². The van der Waals surface area contributed by atoms with E-state index in [-0.39, 0.29) is 11.6 Å². The number of hydrogen-bond acceptors (Lipinski definition) is 2. The van der Waals surface area contributed by atoms with Crippen molar-refractivity contribution in [2.24, 2.45) is 0 Å². The summed E-state index contributed by atoms with van der Waals surface area (Å²) in [7, 11) is 0. The Morgan fingerprint density at radius 3 is 2.19 bits per heavy atom. The van der Waals surface area contributed by atoms with Crippen LogP contribution in [0.15, 0.2) is 30.3 Å². The van der Waals surface area contributed by atoms with Gasteiger partial charge in [-0.05, 0) is 34.7 Å². The summed E-state index contributed by atoms with van der Waals surface area (Å²) in [6, 6.07) is 6.07. The molecule has 0 saturated carbocycles. The maximum absolute atomic E-state index is 11.9. The minimum absolute atomic E-state index is 0.165. The summed E-state index contributed by atoms with van der Waals surface area (Å²) in [5.74, 6) is -2.78. The fourth-order valence-corrected chi connectivity index (χ4v) is 1.27. The lowest BCUT2D eigenvalue weighted by atomic mass is 10.1. The van der Waals surface area contributed by atoms with Crippen LogP contribution in [0, 0.1) is 3.57 Å². The summed E-state index contributed by atoms with van der Waals surface area (Å²) in [4.78, 5) is 10.6. The first kappa shape index (κ1) is 13.0. The third-order valence-corrected chi connectivity index (χ3v) is 2.41. The van der Waals surface area contributed by atoms with E-state index in [1.54, 1.807) is 12.1 Å². The Morgan fingerprint density at radius 1 is 1.25 bits per heavy atom. The molecule has 1 N–H and O–H groups in total. The molecule has 0 spiro atoms. The molecule has 0 aliphatic rings. The van der Waals surface area contributed by atoms with Crippen LogP contribution in [0.1, 0.15) is 5.56 Å². The van der Waals surface area contributed by atoms with E-state index in [0.29, 0.717) is 0 Å². The fraction of sp³-hybridized carbons (Fsp3) is 0.100. The molecule has 0 aromatic heterocycles. The molecule has 0 radical (unpaired) electrons.